The number of thiophene rings is 1. The van der Waals surface area contributed by atoms with E-state index in [0.29, 0.717) is 28.5 Å². The highest BCUT2D eigenvalue weighted by atomic mass is 32.2. The summed E-state index contributed by atoms with van der Waals surface area (Å²) in [5, 5.41) is 9.75. The Labute approximate surface area is 201 Å². The number of aryl methyl sites for hydroxylation is 1. The summed E-state index contributed by atoms with van der Waals surface area (Å²) in [6.07, 6.45) is 2.43. The first-order chi connectivity index (χ1) is 16.2. The summed E-state index contributed by atoms with van der Waals surface area (Å²) >= 11 is 1.29. The van der Waals surface area contributed by atoms with Crippen molar-refractivity contribution in [3.63, 3.8) is 0 Å². The van der Waals surface area contributed by atoms with Gasteiger partial charge in [0.15, 0.2) is 0 Å². The molecule has 1 aliphatic rings. The van der Waals surface area contributed by atoms with Crippen molar-refractivity contribution in [3.05, 3.63) is 45.8 Å². The molecule has 0 fully saturated rings. The molecule has 1 atom stereocenters. The Morgan fingerprint density at radius 3 is 2.76 bits per heavy atom. The van der Waals surface area contributed by atoms with Crippen LogP contribution >= 0.6 is 11.3 Å². The van der Waals surface area contributed by atoms with Crippen molar-refractivity contribution < 1.29 is 27.2 Å². The fraction of sp³-hybridized carbons (Fsp3) is 0.391. The Balaban J connectivity index is 1.55. The summed E-state index contributed by atoms with van der Waals surface area (Å²) in [7, 11) is -4.20. The third-order valence-electron chi connectivity index (χ3n) is 5.61. The van der Waals surface area contributed by atoms with Crippen LogP contribution in [0.1, 0.15) is 46.6 Å². The normalized spacial score (nSPS) is 15.6. The summed E-state index contributed by atoms with van der Waals surface area (Å²) in [6, 6.07) is 7.19. The number of hydrogen-bond acceptors (Lipinski definition) is 9. The lowest BCUT2D eigenvalue weighted by atomic mass is 9.88. The maximum Gasteiger partial charge on any atom is 0.341 e. The number of carbonyl (C=O) groups excluding carboxylic acids is 2. The van der Waals surface area contributed by atoms with E-state index in [1.807, 2.05) is 19.1 Å². The molecule has 1 aliphatic carbocycles. The summed E-state index contributed by atoms with van der Waals surface area (Å²) in [5.74, 6) is -1.70. The van der Waals surface area contributed by atoms with Crippen LogP contribution in [0.4, 0.5) is 5.00 Å². The topological polar surface area (TPSA) is 128 Å². The Morgan fingerprint density at radius 2 is 2.03 bits per heavy atom. The Kier molecular flexibility index (Phi) is 6.85. The first kappa shape index (κ1) is 24.1. The largest absolute Gasteiger partial charge is 0.462 e. The number of anilines is 1. The molecule has 0 spiro atoms. The van der Waals surface area contributed by atoms with E-state index in [0.717, 1.165) is 28.8 Å². The van der Waals surface area contributed by atoms with Crippen LogP contribution in [-0.4, -0.2) is 42.9 Å². The summed E-state index contributed by atoms with van der Waals surface area (Å²) in [4.78, 5) is 26.3. The summed E-state index contributed by atoms with van der Waals surface area (Å²) in [6.45, 7) is 5.87. The van der Waals surface area contributed by atoms with Crippen LogP contribution in [0.3, 0.4) is 0 Å². The van der Waals surface area contributed by atoms with Crippen molar-refractivity contribution in [2.45, 2.75) is 45.3 Å². The van der Waals surface area contributed by atoms with Crippen LogP contribution < -0.4 is 5.32 Å². The average Bonchev–Trinajstić information content (AvgIpc) is 3.39. The number of nitrogens with zero attached hydrogens (tertiary/aromatic N) is 2. The minimum Gasteiger partial charge on any atom is -0.462 e. The molecule has 9 nitrogen and oxygen atoms in total. The molecule has 34 heavy (non-hydrogen) atoms. The Morgan fingerprint density at radius 1 is 1.26 bits per heavy atom. The van der Waals surface area contributed by atoms with Gasteiger partial charge in [-0.05, 0) is 56.2 Å². The monoisotopic (exact) mass is 503 g/mol. The van der Waals surface area contributed by atoms with Gasteiger partial charge in [0.1, 0.15) is 10.8 Å². The molecule has 2 aromatic heterocycles. The maximum atomic E-state index is 12.8. The van der Waals surface area contributed by atoms with Gasteiger partial charge in [0.2, 0.25) is 21.6 Å². The maximum absolute atomic E-state index is 12.8. The van der Waals surface area contributed by atoms with E-state index in [1.165, 1.54) is 11.3 Å². The molecule has 4 rings (SSSR count). The molecular formula is C23H25N3O6S2. The highest BCUT2D eigenvalue weighted by Gasteiger charge is 2.31. The third-order valence-corrected chi connectivity index (χ3v) is 8.12. The molecule has 1 N–H and O–H groups in total. The van der Waals surface area contributed by atoms with Gasteiger partial charge >= 0.3 is 11.2 Å². The van der Waals surface area contributed by atoms with Crippen molar-refractivity contribution >= 4 is 38.1 Å². The SMILES string of the molecule is CCOC(=O)c1c(NC(=O)CS(=O)(=O)c2nnc(-c3ccccc3C)o2)sc2c1CCC(C)C2. The molecule has 1 aromatic carbocycles. The second-order valence-electron chi connectivity index (χ2n) is 8.27. The first-order valence-electron chi connectivity index (χ1n) is 10.9. The molecule has 180 valence electrons. The Hall–Kier alpha value is -3.05. The van der Waals surface area contributed by atoms with E-state index >= 15 is 0 Å². The quantitative estimate of drug-likeness (QED) is 0.482. The highest BCUT2D eigenvalue weighted by molar-refractivity contribution is 7.91. The van der Waals surface area contributed by atoms with Crippen LogP contribution in [0.15, 0.2) is 33.9 Å². The van der Waals surface area contributed by atoms with Crippen molar-refractivity contribution in [2.24, 2.45) is 5.92 Å². The number of ether oxygens (including phenoxy) is 1. The first-order valence-corrected chi connectivity index (χ1v) is 13.4. The van der Waals surface area contributed by atoms with Crippen LogP contribution in [-0.2, 0) is 32.2 Å². The van der Waals surface area contributed by atoms with Gasteiger partial charge in [-0.2, -0.15) is 0 Å². The fourth-order valence-electron chi connectivity index (χ4n) is 3.91. The minimum atomic E-state index is -4.20. The zero-order valence-electron chi connectivity index (χ0n) is 19.1. The van der Waals surface area contributed by atoms with E-state index in [9.17, 15) is 18.0 Å². The molecule has 0 aliphatic heterocycles. The second kappa shape index (κ2) is 9.67. The molecule has 3 aromatic rings. The number of amides is 1. The average molecular weight is 504 g/mol. The number of carbonyl (C=O) groups is 2. The number of sulfone groups is 1. The van der Waals surface area contributed by atoms with Gasteiger partial charge in [-0.15, -0.1) is 16.4 Å². The Bertz CT molecular complexity index is 1340. The van der Waals surface area contributed by atoms with Crippen molar-refractivity contribution in [2.75, 3.05) is 17.7 Å². The molecule has 1 amide bonds. The number of rotatable bonds is 7. The zero-order valence-corrected chi connectivity index (χ0v) is 20.7. The second-order valence-corrected chi connectivity index (χ2v) is 11.2. The lowest BCUT2D eigenvalue weighted by Gasteiger charge is -2.18. The predicted octanol–water partition coefficient (Wildman–Crippen LogP) is 3.82. The molecule has 11 heteroatoms. The van der Waals surface area contributed by atoms with Gasteiger partial charge in [0.05, 0.1) is 12.2 Å². The van der Waals surface area contributed by atoms with Gasteiger partial charge in [-0.3, -0.25) is 4.79 Å². The van der Waals surface area contributed by atoms with E-state index in [2.05, 4.69) is 22.4 Å². The van der Waals surface area contributed by atoms with Crippen LogP contribution in [0.5, 0.6) is 0 Å². The number of nitrogens with one attached hydrogen (secondary N) is 1. The molecule has 0 bridgehead atoms. The van der Waals surface area contributed by atoms with Crippen LogP contribution in [0.25, 0.3) is 11.5 Å². The number of fused-ring (bicyclic) bond motifs is 1. The molecule has 0 saturated heterocycles. The highest BCUT2D eigenvalue weighted by Crippen LogP contribution is 2.40. The molecule has 2 heterocycles. The lowest BCUT2D eigenvalue weighted by Crippen LogP contribution is -2.24. The van der Waals surface area contributed by atoms with Gasteiger partial charge in [0.25, 0.3) is 0 Å². The molecular weight excluding hydrogens is 478 g/mol. The number of benzene rings is 1. The van der Waals surface area contributed by atoms with E-state index < -0.39 is 32.7 Å². The molecule has 1 unspecified atom stereocenters. The van der Waals surface area contributed by atoms with E-state index in [-0.39, 0.29) is 12.5 Å². The number of aromatic nitrogens is 2. The summed E-state index contributed by atoms with van der Waals surface area (Å²) in [5.41, 5.74) is 2.65. The van der Waals surface area contributed by atoms with Gasteiger partial charge in [-0.1, -0.05) is 30.2 Å². The zero-order chi connectivity index (χ0) is 24.5. The van der Waals surface area contributed by atoms with Gasteiger partial charge < -0.3 is 14.5 Å². The third kappa shape index (κ3) is 4.90. The van der Waals surface area contributed by atoms with E-state index in [1.54, 1.807) is 19.1 Å². The predicted molar refractivity (Wildman–Crippen MR) is 127 cm³/mol. The van der Waals surface area contributed by atoms with Crippen LogP contribution in [0, 0.1) is 12.8 Å². The molecule has 0 saturated carbocycles. The standard InChI is InChI=1S/C23H25N3O6S2/c1-4-31-22(28)19-16-10-9-13(2)11-17(16)33-21(19)24-18(27)12-34(29,30)23-26-25-20(32-23)15-8-6-5-7-14(15)3/h5-8,13H,4,9-12H2,1-3H3,(H,24,27). The minimum absolute atomic E-state index is 0.0572. The van der Waals surface area contributed by atoms with Crippen molar-refractivity contribution in [3.8, 4) is 11.5 Å². The van der Waals surface area contributed by atoms with Crippen molar-refractivity contribution in [1.82, 2.24) is 10.2 Å². The van der Waals surface area contributed by atoms with E-state index in [4.69, 9.17) is 9.15 Å². The van der Waals surface area contributed by atoms with Crippen molar-refractivity contribution in [1.29, 1.82) is 0 Å². The lowest BCUT2D eigenvalue weighted by molar-refractivity contribution is -0.113. The summed E-state index contributed by atoms with van der Waals surface area (Å²) < 4.78 is 36.1. The van der Waals surface area contributed by atoms with Gasteiger partial charge in [-0.25, -0.2) is 13.2 Å². The fourth-order valence-corrected chi connectivity index (χ4v) is 6.24. The molecule has 0 radical (unpaired) electrons. The number of hydrogen-bond donors (Lipinski definition) is 1. The number of esters is 1. The smallest absolute Gasteiger partial charge is 0.341 e. The van der Waals surface area contributed by atoms with Crippen LogP contribution in [0.2, 0.25) is 0 Å². The van der Waals surface area contributed by atoms with Gasteiger partial charge in [0, 0.05) is 10.4 Å².